The zero-order valence-electron chi connectivity index (χ0n) is 13.3. The first-order valence-corrected chi connectivity index (χ1v) is 8.13. The van der Waals surface area contributed by atoms with Gasteiger partial charge in [-0.25, -0.2) is 4.68 Å². The van der Waals surface area contributed by atoms with Crippen LogP contribution in [0.1, 0.15) is 61.9 Å². The number of benzene rings is 1. The van der Waals surface area contributed by atoms with Gasteiger partial charge in [-0.3, -0.25) is 0 Å². The van der Waals surface area contributed by atoms with Gasteiger partial charge >= 0.3 is 0 Å². The van der Waals surface area contributed by atoms with Gasteiger partial charge in [0.2, 0.25) is 0 Å². The number of hydrogen-bond donors (Lipinski definition) is 1. The highest BCUT2D eigenvalue weighted by atomic mass is 15.4. The Morgan fingerprint density at radius 3 is 2.76 bits per heavy atom. The summed E-state index contributed by atoms with van der Waals surface area (Å²) in [6, 6.07) is 11.3. The van der Waals surface area contributed by atoms with E-state index < -0.39 is 0 Å². The van der Waals surface area contributed by atoms with Crippen LogP contribution in [-0.4, -0.2) is 16.3 Å². The first-order chi connectivity index (χ1) is 10.2. The molecule has 1 aliphatic rings. The van der Waals surface area contributed by atoms with E-state index in [1.807, 2.05) is 0 Å². The molecule has 1 unspecified atom stereocenters. The Kier molecular flexibility index (Phi) is 4.00. The highest BCUT2D eigenvalue weighted by Gasteiger charge is 2.25. The van der Waals surface area contributed by atoms with Crippen LogP contribution in [0.2, 0.25) is 0 Å². The molecule has 1 aromatic carbocycles. The lowest BCUT2D eigenvalue weighted by molar-refractivity contribution is 0.469. The zero-order valence-corrected chi connectivity index (χ0v) is 13.3. The van der Waals surface area contributed by atoms with Crippen molar-refractivity contribution in [2.75, 3.05) is 11.9 Å². The van der Waals surface area contributed by atoms with Crippen molar-refractivity contribution in [3.63, 3.8) is 0 Å². The number of hydrogen-bond acceptors (Lipinski definition) is 2. The van der Waals surface area contributed by atoms with Gasteiger partial charge in [-0.2, -0.15) is 5.10 Å². The molecule has 0 aliphatic carbocycles. The van der Waals surface area contributed by atoms with E-state index in [1.165, 1.54) is 22.6 Å². The smallest absolute Gasteiger partial charge is 0.125 e. The van der Waals surface area contributed by atoms with Crippen LogP contribution in [0.4, 0.5) is 5.82 Å². The Bertz CT molecular complexity index is 611. The summed E-state index contributed by atoms with van der Waals surface area (Å²) in [6.45, 7) is 7.72. The van der Waals surface area contributed by atoms with Crippen molar-refractivity contribution >= 4 is 5.82 Å². The first kappa shape index (κ1) is 14.2. The van der Waals surface area contributed by atoms with Gasteiger partial charge in [-0.1, -0.05) is 38.1 Å². The average molecular weight is 283 g/mol. The van der Waals surface area contributed by atoms with Crippen LogP contribution >= 0.6 is 0 Å². The molecule has 0 radical (unpaired) electrons. The molecule has 0 amide bonds. The van der Waals surface area contributed by atoms with Crippen molar-refractivity contribution in [3.05, 3.63) is 47.2 Å². The third-order valence-corrected chi connectivity index (χ3v) is 4.73. The minimum Gasteiger partial charge on any atom is -0.370 e. The molecule has 3 nitrogen and oxygen atoms in total. The lowest BCUT2D eigenvalue weighted by Gasteiger charge is -2.27. The van der Waals surface area contributed by atoms with Crippen LogP contribution in [0.5, 0.6) is 0 Å². The van der Waals surface area contributed by atoms with Crippen LogP contribution in [-0.2, 0) is 0 Å². The Balaban J connectivity index is 2.00. The fourth-order valence-corrected chi connectivity index (χ4v) is 3.40. The van der Waals surface area contributed by atoms with Crippen LogP contribution < -0.4 is 5.32 Å². The van der Waals surface area contributed by atoms with Crippen molar-refractivity contribution in [1.29, 1.82) is 0 Å². The number of aryl methyl sites for hydroxylation is 1. The minimum atomic E-state index is 0.366. The molecule has 2 aromatic rings. The molecule has 0 saturated heterocycles. The molecule has 0 bridgehead atoms. The second kappa shape index (κ2) is 5.92. The highest BCUT2D eigenvalue weighted by molar-refractivity contribution is 5.43. The second-order valence-corrected chi connectivity index (χ2v) is 6.00. The Morgan fingerprint density at radius 1 is 1.29 bits per heavy atom. The molecule has 0 saturated carbocycles. The topological polar surface area (TPSA) is 29.9 Å². The molecule has 21 heavy (non-hydrogen) atoms. The fourth-order valence-electron chi connectivity index (χ4n) is 3.40. The van der Waals surface area contributed by atoms with E-state index in [4.69, 9.17) is 5.10 Å². The van der Waals surface area contributed by atoms with E-state index in [1.54, 1.807) is 0 Å². The lowest BCUT2D eigenvalue weighted by atomic mass is 9.98. The van der Waals surface area contributed by atoms with E-state index in [2.05, 4.69) is 61.1 Å². The molecule has 0 fully saturated rings. The summed E-state index contributed by atoms with van der Waals surface area (Å²) in [5, 5.41) is 8.45. The number of nitrogens with one attached hydrogen (secondary N) is 1. The number of rotatable bonds is 4. The normalized spacial score (nSPS) is 17.6. The maximum atomic E-state index is 4.95. The molecular formula is C18H25N3. The van der Waals surface area contributed by atoms with Crippen molar-refractivity contribution in [2.45, 2.75) is 52.0 Å². The molecule has 1 atom stereocenters. The van der Waals surface area contributed by atoms with Crippen LogP contribution in [0.3, 0.4) is 0 Å². The number of anilines is 1. The average Bonchev–Trinajstić information content (AvgIpc) is 2.93. The summed E-state index contributed by atoms with van der Waals surface area (Å²) < 4.78 is 2.21. The summed E-state index contributed by atoms with van der Waals surface area (Å²) >= 11 is 0. The number of aromatic nitrogens is 2. The molecule has 2 heterocycles. The zero-order chi connectivity index (χ0) is 14.8. The van der Waals surface area contributed by atoms with Gasteiger partial charge in [0.25, 0.3) is 0 Å². The van der Waals surface area contributed by atoms with Gasteiger partial charge in [0.15, 0.2) is 0 Å². The first-order valence-electron chi connectivity index (χ1n) is 8.13. The quantitative estimate of drug-likeness (QED) is 0.895. The summed E-state index contributed by atoms with van der Waals surface area (Å²) in [6.07, 6.45) is 3.41. The lowest BCUT2D eigenvalue weighted by Crippen LogP contribution is -2.24. The molecule has 1 aromatic heterocycles. The Labute approximate surface area is 127 Å². The molecule has 1 N–H and O–H groups in total. The Hall–Kier alpha value is -1.77. The molecule has 3 rings (SSSR count). The Morgan fingerprint density at radius 2 is 2.05 bits per heavy atom. The van der Waals surface area contributed by atoms with Crippen molar-refractivity contribution in [1.82, 2.24) is 9.78 Å². The van der Waals surface area contributed by atoms with Gasteiger partial charge in [-0.15, -0.1) is 0 Å². The molecular weight excluding hydrogens is 258 g/mol. The SMILES string of the molecule is CCC(CC)c1cc2n(n1)C(c1ccccc1C)CCN2. The van der Waals surface area contributed by atoms with Crippen LogP contribution in [0.25, 0.3) is 0 Å². The van der Waals surface area contributed by atoms with E-state index in [0.717, 1.165) is 25.8 Å². The van der Waals surface area contributed by atoms with Gasteiger partial charge in [0.1, 0.15) is 5.82 Å². The molecule has 3 heteroatoms. The van der Waals surface area contributed by atoms with E-state index in [-0.39, 0.29) is 0 Å². The summed E-state index contributed by atoms with van der Waals surface area (Å²) in [5.41, 5.74) is 4.00. The fraction of sp³-hybridized carbons (Fsp3) is 0.500. The third kappa shape index (κ3) is 2.57. The van der Waals surface area contributed by atoms with Gasteiger partial charge in [0.05, 0.1) is 11.7 Å². The largest absolute Gasteiger partial charge is 0.370 e. The van der Waals surface area contributed by atoms with E-state index in [0.29, 0.717) is 12.0 Å². The predicted molar refractivity (Wildman–Crippen MR) is 88.0 cm³/mol. The van der Waals surface area contributed by atoms with Gasteiger partial charge < -0.3 is 5.32 Å². The molecule has 112 valence electrons. The maximum absolute atomic E-state index is 4.95. The van der Waals surface area contributed by atoms with Crippen molar-refractivity contribution in [2.24, 2.45) is 0 Å². The van der Waals surface area contributed by atoms with Crippen LogP contribution in [0.15, 0.2) is 30.3 Å². The van der Waals surface area contributed by atoms with Crippen molar-refractivity contribution in [3.8, 4) is 0 Å². The maximum Gasteiger partial charge on any atom is 0.125 e. The highest BCUT2D eigenvalue weighted by Crippen LogP contribution is 2.34. The van der Waals surface area contributed by atoms with Crippen LogP contribution in [0, 0.1) is 6.92 Å². The van der Waals surface area contributed by atoms with Crippen molar-refractivity contribution < 1.29 is 0 Å². The summed E-state index contributed by atoms with van der Waals surface area (Å²) in [5.74, 6) is 1.75. The standard InChI is InChI=1S/C18H25N3/c1-4-14(5-2)16-12-18-19-11-10-17(21(18)20-16)15-9-7-6-8-13(15)3/h6-9,12,14,17,19H,4-5,10-11H2,1-3H3. The monoisotopic (exact) mass is 283 g/mol. The third-order valence-electron chi connectivity index (χ3n) is 4.73. The predicted octanol–water partition coefficient (Wildman–Crippen LogP) is 4.50. The van der Waals surface area contributed by atoms with E-state index in [9.17, 15) is 0 Å². The molecule has 1 aliphatic heterocycles. The molecule has 0 spiro atoms. The van der Waals surface area contributed by atoms with Gasteiger partial charge in [0, 0.05) is 18.5 Å². The minimum absolute atomic E-state index is 0.366. The second-order valence-electron chi connectivity index (χ2n) is 6.00. The summed E-state index contributed by atoms with van der Waals surface area (Å²) in [4.78, 5) is 0. The number of nitrogens with zero attached hydrogens (tertiary/aromatic N) is 2. The van der Waals surface area contributed by atoms with Gasteiger partial charge in [-0.05, 0) is 37.3 Å². The number of fused-ring (bicyclic) bond motifs is 1. The summed E-state index contributed by atoms with van der Waals surface area (Å²) in [7, 11) is 0. The van der Waals surface area contributed by atoms with E-state index >= 15 is 0 Å².